The molecule has 0 aliphatic carbocycles. The van der Waals surface area contributed by atoms with Gasteiger partial charge in [-0.25, -0.2) is 18.7 Å². The number of aromatic nitrogens is 2. The summed E-state index contributed by atoms with van der Waals surface area (Å²) in [5, 5.41) is 4.06. The number of hydrogen-bond donors (Lipinski definition) is 0. The van der Waals surface area contributed by atoms with Gasteiger partial charge in [-0.2, -0.15) is 0 Å². The predicted molar refractivity (Wildman–Crippen MR) is 193 cm³/mol. The van der Waals surface area contributed by atoms with Crippen molar-refractivity contribution < 1.29 is 38.0 Å². The molecule has 2 aromatic heterocycles. The molecule has 2 heterocycles. The zero-order chi connectivity index (χ0) is 34.5. The highest BCUT2D eigenvalue weighted by molar-refractivity contribution is 6.13. The smallest absolute Gasteiger partial charge is 0.419 e. The average Bonchev–Trinajstić information content (AvgIpc) is 3.66. The van der Waals surface area contributed by atoms with E-state index < -0.39 is 12.2 Å². The summed E-state index contributed by atoms with van der Waals surface area (Å²) in [4.78, 5) is 27.9. The van der Waals surface area contributed by atoms with Gasteiger partial charge in [0.15, 0.2) is 0 Å². The van der Waals surface area contributed by atoms with Crippen LogP contribution in [-0.2, 0) is 28.4 Å². The Bertz CT molecular complexity index is 1770. The highest BCUT2D eigenvalue weighted by Gasteiger charge is 2.17. The van der Waals surface area contributed by atoms with Crippen molar-refractivity contribution in [2.75, 3.05) is 86.2 Å². The first-order valence-corrected chi connectivity index (χ1v) is 16.9. The fourth-order valence-electron chi connectivity index (χ4n) is 5.94. The van der Waals surface area contributed by atoms with Crippen molar-refractivity contribution in [2.45, 2.75) is 0 Å². The lowest BCUT2D eigenvalue weighted by Gasteiger charge is -2.16. The standard InChI is InChI=1S/C39H43N3O8/c1-40(18-20-45-22-24-47-26-28-49-38(43)41-34-14-6-2-10-30(34)31-11-3-7-15-35(31)41)19-21-46-23-25-48-27-29-50-39(44)42-36-16-8-4-12-32(36)33-13-5-9-17-37(33)42/h2-17H,18-29H2,1H3. The minimum atomic E-state index is -0.420. The van der Waals surface area contributed by atoms with Gasteiger partial charge in [0.25, 0.3) is 0 Å². The second kappa shape index (κ2) is 17.7. The summed E-state index contributed by atoms with van der Waals surface area (Å²) in [6.07, 6.45) is -0.840. The number of rotatable bonds is 18. The van der Waals surface area contributed by atoms with Gasteiger partial charge in [-0.3, -0.25) is 0 Å². The SMILES string of the molecule is CN(CCOCCOCCOC(=O)n1c2ccccc2c2ccccc21)CCOCCOCCOC(=O)n1c2ccccc2c2ccccc21. The molecule has 0 aliphatic rings. The number of ether oxygens (including phenoxy) is 6. The Labute approximate surface area is 290 Å². The molecule has 0 atom stereocenters. The van der Waals surface area contributed by atoms with Crippen molar-refractivity contribution >= 4 is 55.8 Å². The maximum Gasteiger partial charge on any atom is 0.419 e. The van der Waals surface area contributed by atoms with E-state index in [4.69, 9.17) is 28.4 Å². The molecule has 4 aromatic carbocycles. The molecular weight excluding hydrogens is 638 g/mol. The van der Waals surface area contributed by atoms with Gasteiger partial charge < -0.3 is 33.3 Å². The number of hydrogen-bond acceptors (Lipinski definition) is 9. The molecule has 50 heavy (non-hydrogen) atoms. The van der Waals surface area contributed by atoms with Crippen LogP contribution in [0.3, 0.4) is 0 Å². The number of para-hydroxylation sites is 4. The Hall–Kier alpha value is -4.78. The van der Waals surface area contributed by atoms with Crippen LogP contribution in [0.1, 0.15) is 0 Å². The summed E-state index contributed by atoms with van der Waals surface area (Å²) in [6.45, 7) is 5.29. The lowest BCUT2D eigenvalue weighted by atomic mass is 10.2. The van der Waals surface area contributed by atoms with Crippen LogP contribution in [0.15, 0.2) is 97.1 Å². The monoisotopic (exact) mass is 681 g/mol. The molecule has 0 saturated carbocycles. The lowest BCUT2D eigenvalue weighted by Crippen LogP contribution is -2.28. The van der Waals surface area contributed by atoms with Crippen LogP contribution < -0.4 is 0 Å². The van der Waals surface area contributed by atoms with Gasteiger partial charge in [0.05, 0.1) is 74.9 Å². The molecule has 11 heteroatoms. The fourth-order valence-corrected chi connectivity index (χ4v) is 5.94. The molecule has 0 saturated heterocycles. The molecule has 0 fully saturated rings. The number of likely N-dealkylation sites (N-methyl/N-ethyl adjacent to an activating group) is 1. The van der Waals surface area contributed by atoms with E-state index in [2.05, 4.69) is 4.90 Å². The summed E-state index contributed by atoms with van der Waals surface area (Å²) in [5.41, 5.74) is 3.29. The third-order valence-corrected chi connectivity index (χ3v) is 8.41. The Morgan fingerprint density at radius 2 is 0.720 bits per heavy atom. The Kier molecular flexibility index (Phi) is 12.4. The molecule has 0 aliphatic heterocycles. The molecule has 0 spiro atoms. The normalized spacial score (nSPS) is 11.7. The Morgan fingerprint density at radius 1 is 0.440 bits per heavy atom. The number of benzene rings is 4. The highest BCUT2D eigenvalue weighted by atomic mass is 16.6. The van der Waals surface area contributed by atoms with Gasteiger partial charge in [-0.1, -0.05) is 72.8 Å². The van der Waals surface area contributed by atoms with E-state index in [0.717, 1.165) is 56.7 Å². The van der Waals surface area contributed by atoms with E-state index in [-0.39, 0.29) is 13.2 Å². The zero-order valence-corrected chi connectivity index (χ0v) is 28.3. The minimum absolute atomic E-state index is 0.157. The van der Waals surface area contributed by atoms with Gasteiger partial charge in [0.1, 0.15) is 13.2 Å². The third-order valence-electron chi connectivity index (χ3n) is 8.41. The number of fused-ring (bicyclic) bond motifs is 6. The van der Waals surface area contributed by atoms with E-state index in [9.17, 15) is 9.59 Å². The van der Waals surface area contributed by atoms with E-state index in [0.29, 0.717) is 52.9 Å². The fraction of sp³-hybridized carbons (Fsp3) is 0.333. The molecule has 6 aromatic rings. The van der Waals surface area contributed by atoms with Gasteiger partial charge in [-0.15, -0.1) is 0 Å². The van der Waals surface area contributed by atoms with Crippen LogP contribution in [-0.4, -0.2) is 112 Å². The molecule has 0 radical (unpaired) electrons. The van der Waals surface area contributed by atoms with Crippen molar-refractivity contribution in [3.05, 3.63) is 97.1 Å². The minimum Gasteiger partial charge on any atom is -0.446 e. The third kappa shape index (κ3) is 8.50. The quantitative estimate of drug-likeness (QED) is 0.0933. The predicted octanol–water partition coefficient (Wildman–Crippen LogP) is 6.57. The molecule has 6 rings (SSSR count). The van der Waals surface area contributed by atoms with Gasteiger partial charge >= 0.3 is 12.2 Å². The van der Waals surface area contributed by atoms with Crippen molar-refractivity contribution in [3.8, 4) is 0 Å². The van der Waals surface area contributed by atoms with Gasteiger partial charge in [0.2, 0.25) is 0 Å². The molecule has 0 bridgehead atoms. The van der Waals surface area contributed by atoms with Crippen LogP contribution in [0.4, 0.5) is 9.59 Å². The average molecular weight is 682 g/mol. The number of carbonyl (C=O) groups excluding carboxylic acids is 2. The van der Waals surface area contributed by atoms with Crippen LogP contribution in [0.5, 0.6) is 0 Å². The van der Waals surface area contributed by atoms with Crippen LogP contribution in [0.25, 0.3) is 43.6 Å². The second-order valence-electron chi connectivity index (χ2n) is 11.7. The maximum atomic E-state index is 12.9. The lowest BCUT2D eigenvalue weighted by molar-refractivity contribution is 0.0151. The first kappa shape index (κ1) is 35.1. The van der Waals surface area contributed by atoms with Gasteiger partial charge in [0, 0.05) is 34.6 Å². The first-order chi connectivity index (χ1) is 24.6. The Morgan fingerprint density at radius 3 is 1.06 bits per heavy atom. The number of carbonyl (C=O) groups is 2. The van der Waals surface area contributed by atoms with E-state index in [1.54, 1.807) is 9.13 Å². The number of nitrogens with zero attached hydrogens (tertiary/aromatic N) is 3. The van der Waals surface area contributed by atoms with E-state index in [1.807, 2.05) is 104 Å². The molecule has 0 N–H and O–H groups in total. The largest absolute Gasteiger partial charge is 0.446 e. The summed E-state index contributed by atoms with van der Waals surface area (Å²) < 4.78 is 36.7. The van der Waals surface area contributed by atoms with E-state index in [1.165, 1.54) is 0 Å². The van der Waals surface area contributed by atoms with Crippen LogP contribution in [0.2, 0.25) is 0 Å². The summed E-state index contributed by atoms with van der Waals surface area (Å²) >= 11 is 0. The van der Waals surface area contributed by atoms with E-state index >= 15 is 0 Å². The van der Waals surface area contributed by atoms with Crippen molar-refractivity contribution in [1.82, 2.24) is 14.0 Å². The van der Waals surface area contributed by atoms with Crippen molar-refractivity contribution in [2.24, 2.45) is 0 Å². The molecule has 0 unspecified atom stereocenters. The van der Waals surface area contributed by atoms with Crippen molar-refractivity contribution in [1.29, 1.82) is 0 Å². The molecule has 11 nitrogen and oxygen atoms in total. The van der Waals surface area contributed by atoms with Crippen LogP contribution >= 0.6 is 0 Å². The molecule has 262 valence electrons. The highest BCUT2D eigenvalue weighted by Crippen LogP contribution is 2.30. The molecule has 0 amide bonds. The maximum absolute atomic E-state index is 12.9. The summed E-state index contributed by atoms with van der Waals surface area (Å²) in [7, 11) is 2.01. The molecular formula is C39H43N3O8. The Balaban J connectivity index is 0.753. The zero-order valence-electron chi connectivity index (χ0n) is 28.3. The first-order valence-electron chi connectivity index (χ1n) is 16.9. The summed E-state index contributed by atoms with van der Waals surface area (Å²) in [5.74, 6) is 0. The van der Waals surface area contributed by atoms with Crippen LogP contribution in [0, 0.1) is 0 Å². The summed E-state index contributed by atoms with van der Waals surface area (Å²) in [6, 6.07) is 31.2. The van der Waals surface area contributed by atoms with Gasteiger partial charge in [-0.05, 0) is 31.3 Å². The second-order valence-corrected chi connectivity index (χ2v) is 11.7. The van der Waals surface area contributed by atoms with Crippen molar-refractivity contribution in [3.63, 3.8) is 0 Å². The topological polar surface area (TPSA) is 103 Å².